The molecule has 0 radical (unpaired) electrons. The van der Waals surface area contributed by atoms with E-state index in [2.05, 4.69) is 12.1 Å². The van der Waals surface area contributed by atoms with Gasteiger partial charge < -0.3 is 9.47 Å². The summed E-state index contributed by atoms with van der Waals surface area (Å²) in [6, 6.07) is 28.7. The number of aryl methyl sites for hydroxylation is 2. The lowest BCUT2D eigenvalue weighted by Crippen LogP contribution is -2.01. The Morgan fingerprint density at radius 3 is 1.35 bits per heavy atom. The van der Waals surface area contributed by atoms with Crippen molar-refractivity contribution in [1.29, 1.82) is 10.5 Å². The first-order valence-electron chi connectivity index (χ1n) is 10.6. The topological polar surface area (TPSA) is 83.1 Å². The highest BCUT2D eigenvalue weighted by Gasteiger charge is 2.12. The Labute approximate surface area is 198 Å². The van der Waals surface area contributed by atoms with E-state index < -0.39 is 0 Å². The van der Waals surface area contributed by atoms with Crippen LogP contribution >= 0.6 is 0 Å². The van der Waals surface area contributed by atoms with Crippen LogP contribution in [-0.4, -0.2) is 5.78 Å². The number of ketones is 1. The summed E-state index contributed by atoms with van der Waals surface area (Å²) in [5.41, 5.74) is 3.67. The molecule has 0 aromatic heterocycles. The molecule has 0 spiro atoms. The van der Waals surface area contributed by atoms with Gasteiger partial charge in [0.05, 0.1) is 11.1 Å². The fraction of sp³-hybridized carbons (Fsp3) is 0.0690. The highest BCUT2D eigenvalue weighted by Crippen LogP contribution is 2.29. The lowest BCUT2D eigenvalue weighted by Gasteiger charge is -2.10. The van der Waals surface area contributed by atoms with Crippen molar-refractivity contribution in [3.63, 3.8) is 0 Å². The summed E-state index contributed by atoms with van der Waals surface area (Å²) in [7, 11) is 0. The third-order valence-electron chi connectivity index (χ3n) is 5.38. The molecule has 4 rings (SSSR count). The van der Waals surface area contributed by atoms with E-state index in [1.54, 1.807) is 60.7 Å². The van der Waals surface area contributed by atoms with Crippen LogP contribution in [0.5, 0.6) is 23.0 Å². The van der Waals surface area contributed by atoms with E-state index in [1.807, 2.05) is 38.1 Å². The van der Waals surface area contributed by atoms with Gasteiger partial charge in [-0.1, -0.05) is 24.3 Å². The van der Waals surface area contributed by atoms with Crippen molar-refractivity contribution in [3.8, 4) is 35.1 Å². The molecule has 0 aliphatic heterocycles. The molecular weight excluding hydrogens is 424 g/mol. The number of hydrogen-bond donors (Lipinski definition) is 0. The van der Waals surface area contributed by atoms with Crippen LogP contribution < -0.4 is 9.47 Å². The maximum atomic E-state index is 12.9. The molecule has 0 fully saturated rings. The third kappa shape index (κ3) is 4.65. The van der Waals surface area contributed by atoms with E-state index in [-0.39, 0.29) is 5.78 Å². The molecule has 0 aliphatic carbocycles. The van der Waals surface area contributed by atoms with E-state index in [4.69, 9.17) is 9.47 Å². The summed E-state index contributed by atoms with van der Waals surface area (Å²) in [5.74, 6) is 1.89. The molecule has 0 amide bonds. The second-order valence-electron chi connectivity index (χ2n) is 7.70. The summed E-state index contributed by atoms with van der Waals surface area (Å²) in [4.78, 5) is 12.9. The molecule has 164 valence electrons. The number of rotatable bonds is 6. The Morgan fingerprint density at radius 1 is 0.618 bits per heavy atom. The summed E-state index contributed by atoms with van der Waals surface area (Å²) < 4.78 is 11.7. The predicted octanol–water partition coefficient (Wildman–Crippen LogP) is 6.86. The van der Waals surface area contributed by atoms with Crippen molar-refractivity contribution in [2.45, 2.75) is 13.8 Å². The van der Waals surface area contributed by atoms with Crippen LogP contribution in [0.2, 0.25) is 0 Å². The van der Waals surface area contributed by atoms with Gasteiger partial charge in [0, 0.05) is 11.1 Å². The number of hydrogen-bond acceptors (Lipinski definition) is 5. The number of nitrogens with zero attached hydrogens (tertiary/aromatic N) is 2. The van der Waals surface area contributed by atoms with E-state index in [0.29, 0.717) is 45.3 Å². The van der Waals surface area contributed by atoms with Crippen molar-refractivity contribution in [2.75, 3.05) is 0 Å². The van der Waals surface area contributed by atoms with Crippen molar-refractivity contribution in [1.82, 2.24) is 0 Å². The highest BCUT2D eigenvalue weighted by molar-refractivity contribution is 6.09. The van der Waals surface area contributed by atoms with Crippen LogP contribution in [-0.2, 0) is 0 Å². The zero-order chi connectivity index (χ0) is 24.1. The fourth-order valence-electron chi connectivity index (χ4n) is 3.51. The Kier molecular flexibility index (Phi) is 6.39. The van der Waals surface area contributed by atoms with Gasteiger partial charge in [0.1, 0.15) is 35.1 Å². The highest BCUT2D eigenvalue weighted by atomic mass is 16.5. The van der Waals surface area contributed by atoms with Crippen LogP contribution in [0.4, 0.5) is 0 Å². The van der Waals surface area contributed by atoms with Crippen molar-refractivity contribution in [2.24, 2.45) is 0 Å². The minimum absolute atomic E-state index is 0.139. The first kappa shape index (κ1) is 22.3. The van der Waals surface area contributed by atoms with Crippen LogP contribution in [0.15, 0.2) is 84.9 Å². The number of nitriles is 2. The van der Waals surface area contributed by atoms with Gasteiger partial charge in [-0.3, -0.25) is 4.79 Å². The molecule has 0 saturated carbocycles. The summed E-state index contributed by atoms with van der Waals surface area (Å²) in [6.45, 7) is 3.71. The lowest BCUT2D eigenvalue weighted by atomic mass is 10.0. The lowest BCUT2D eigenvalue weighted by molar-refractivity contribution is 0.103. The van der Waals surface area contributed by atoms with Gasteiger partial charge in [0.15, 0.2) is 5.78 Å². The average molecular weight is 444 g/mol. The van der Waals surface area contributed by atoms with Crippen LogP contribution in [0.3, 0.4) is 0 Å². The Bertz CT molecular complexity index is 1330. The number of benzene rings is 4. The molecule has 5 heteroatoms. The smallest absolute Gasteiger partial charge is 0.193 e. The van der Waals surface area contributed by atoms with Gasteiger partial charge in [-0.2, -0.15) is 10.5 Å². The molecular formula is C29H20N2O3. The molecule has 5 nitrogen and oxygen atoms in total. The molecule has 0 unspecified atom stereocenters. The minimum atomic E-state index is -0.139. The zero-order valence-electron chi connectivity index (χ0n) is 18.7. The standard InChI is InChI=1S/C29H20N2O3/c1-19-5-3-7-27(25(19)17-30)33-23-13-9-21(10-14-23)29(32)22-11-15-24(16-12-22)34-28-8-4-6-20(2)26(28)18-31/h3-16H,1-2H3. The quantitative estimate of drug-likeness (QED) is 0.303. The molecule has 4 aromatic carbocycles. The summed E-state index contributed by atoms with van der Waals surface area (Å²) in [6.07, 6.45) is 0. The zero-order valence-corrected chi connectivity index (χ0v) is 18.7. The summed E-state index contributed by atoms with van der Waals surface area (Å²) >= 11 is 0. The maximum absolute atomic E-state index is 12.9. The molecule has 0 N–H and O–H groups in total. The first-order valence-corrected chi connectivity index (χ1v) is 10.6. The SMILES string of the molecule is Cc1cccc(Oc2ccc(C(=O)c3ccc(Oc4cccc(C)c4C#N)cc3)cc2)c1C#N. The van der Waals surface area contributed by atoms with Gasteiger partial charge in [-0.25, -0.2) is 0 Å². The minimum Gasteiger partial charge on any atom is -0.456 e. The molecule has 0 saturated heterocycles. The van der Waals surface area contributed by atoms with Gasteiger partial charge in [0.25, 0.3) is 0 Å². The van der Waals surface area contributed by atoms with Crippen molar-refractivity contribution < 1.29 is 14.3 Å². The number of carbonyl (C=O) groups excluding carboxylic acids is 1. The van der Waals surface area contributed by atoms with Gasteiger partial charge >= 0.3 is 0 Å². The van der Waals surface area contributed by atoms with E-state index in [1.165, 1.54) is 0 Å². The Morgan fingerprint density at radius 2 is 1.00 bits per heavy atom. The molecule has 0 atom stereocenters. The van der Waals surface area contributed by atoms with Crippen LogP contribution in [0.25, 0.3) is 0 Å². The van der Waals surface area contributed by atoms with E-state index in [0.717, 1.165) is 11.1 Å². The van der Waals surface area contributed by atoms with Crippen LogP contribution in [0, 0.1) is 36.5 Å². The Balaban J connectivity index is 1.48. The fourth-order valence-corrected chi connectivity index (χ4v) is 3.51. The van der Waals surface area contributed by atoms with Gasteiger partial charge in [-0.05, 0) is 85.6 Å². The van der Waals surface area contributed by atoms with Crippen LogP contribution in [0.1, 0.15) is 38.2 Å². The number of ether oxygens (including phenoxy) is 2. The second-order valence-corrected chi connectivity index (χ2v) is 7.70. The molecule has 34 heavy (non-hydrogen) atoms. The number of carbonyl (C=O) groups is 1. The second kappa shape index (κ2) is 9.73. The maximum Gasteiger partial charge on any atom is 0.193 e. The van der Waals surface area contributed by atoms with Gasteiger partial charge in [-0.15, -0.1) is 0 Å². The molecule has 0 aliphatic rings. The summed E-state index contributed by atoms with van der Waals surface area (Å²) in [5, 5.41) is 18.7. The van der Waals surface area contributed by atoms with Crippen molar-refractivity contribution in [3.05, 3.63) is 118 Å². The van der Waals surface area contributed by atoms with E-state index in [9.17, 15) is 15.3 Å². The van der Waals surface area contributed by atoms with Crippen molar-refractivity contribution >= 4 is 5.78 Å². The Hall–Kier alpha value is -4.87. The first-order chi connectivity index (χ1) is 16.5. The molecule has 0 bridgehead atoms. The average Bonchev–Trinajstić information content (AvgIpc) is 2.85. The normalized spacial score (nSPS) is 10.1. The third-order valence-corrected chi connectivity index (χ3v) is 5.38. The monoisotopic (exact) mass is 444 g/mol. The van der Waals surface area contributed by atoms with E-state index >= 15 is 0 Å². The molecule has 4 aromatic rings. The largest absolute Gasteiger partial charge is 0.456 e. The predicted molar refractivity (Wildman–Crippen MR) is 128 cm³/mol. The van der Waals surface area contributed by atoms with Gasteiger partial charge in [0.2, 0.25) is 0 Å². The molecule has 0 heterocycles.